The molecular weight excluding hydrogens is 310 g/mol. The van der Waals surface area contributed by atoms with Gasteiger partial charge in [-0.15, -0.1) is 0 Å². The van der Waals surface area contributed by atoms with Gasteiger partial charge in [-0.2, -0.15) is 0 Å². The van der Waals surface area contributed by atoms with Crippen LogP contribution >= 0.6 is 0 Å². The van der Waals surface area contributed by atoms with Crippen LogP contribution in [0.3, 0.4) is 0 Å². The van der Waals surface area contributed by atoms with Crippen molar-refractivity contribution in [3.63, 3.8) is 0 Å². The molecule has 2 N–H and O–H groups in total. The molecule has 1 unspecified atom stereocenters. The summed E-state index contributed by atoms with van der Waals surface area (Å²) in [5, 5.41) is 0. The molecule has 0 bridgehead atoms. The molecular formula is C21H29N3O. The predicted octanol–water partition coefficient (Wildman–Crippen LogP) is 3.79. The number of amides is 1. The number of unbranched alkanes of at least 4 members (excludes halogenated alkanes) is 2. The largest absolute Gasteiger partial charge is 0.320 e. The van der Waals surface area contributed by atoms with Crippen LogP contribution in [0.4, 0.5) is 5.69 Å². The van der Waals surface area contributed by atoms with Gasteiger partial charge in [0.15, 0.2) is 0 Å². The molecule has 25 heavy (non-hydrogen) atoms. The maximum Gasteiger partial charge on any atom is 0.243 e. The predicted molar refractivity (Wildman–Crippen MR) is 104 cm³/mol. The number of anilines is 1. The average molecular weight is 339 g/mol. The Morgan fingerprint density at radius 2 is 1.84 bits per heavy atom. The van der Waals surface area contributed by atoms with Gasteiger partial charge in [-0.05, 0) is 62.8 Å². The van der Waals surface area contributed by atoms with Crippen LogP contribution in [0, 0.1) is 13.8 Å². The van der Waals surface area contributed by atoms with Crippen LogP contribution in [0.1, 0.15) is 42.9 Å². The zero-order valence-corrected chi connectivity index (χ0v) is 15.5. The van der Waals surface area contributed by atoms with E-state index >= 15 is 0 Å². The van der Waals surface area contributed by atoms with Crippen LogP contribution in [-0.4, -0.2) is 23.5 Å². The van der Waals surface area contributed by atoms with Crippen molar-refractivity contribution in [3.8, 4) is 0 Å². The molecule has 0 aliphatic carbocycles. The van der Waals surface area contributed by atoms with Crippen LogP contribution in [0.15, 0.2) is 42.7 Å². The summed E-state index contributed by atoms with van der Waals surface area (Å²) in [5.74, 6) is -0.00957. The normalized spacial score (nSPS) is 12.0. The topological polar surface area (TPSA) is 59.2 Å². The molecule has 4 nitrogen and oxygen atoms in total. The van der Waals surface area contributed by atoms with Crippen molar-refractivity contribution in [2.75, 3.05) is 11.4 Å². The minimum absolute atomic E-state index is 0.00957. The lowest BCUT2D eigenvalue weighted by molar-refractivity contribution is -0.119. The Bertz CT molecular complexity index is 663. The summed E-state index contributed by atoms with van der Waals surface area (Å²) in [7, 11) is 0. The highest BCUT2D eigenvalue weighted by molar-refractivity contribution is 5.98. The number of para-hydroxylation sites is 1. The molecule has 0 aliphatic heterocycles. The standard InChI is InChI=1S/C21H29N3O/c1-16-9-7-10-17(2)20(16)24(21(25)18(3)22)14-6-4-5-11-19-12-8-13-23-15-19/h7-10,12-13,15,18H,4-6,11,14,22H2,1-3H3. The molecule has 1 aromatic carbocycles. The molecule has 0 saturated carbocycles. The number of rotatable bonds is 8. The van der Waals surface area contributed by atoms with Crippen molar-refractivity contribution < 1.29 is 4.79 Å². The number of pyridine rings is 1. The maximum absolute atomic E-state index is 12.6. The number of nitrogens with zero attached hydrogens (tertiary/aromatic N) is 2. The third-order valence-corrected chi connectivity index (χ3v) is 4.43. The molecule has 2 aromatic rings. The molecule has 0 spiro atoms. The fourth-order valence-electron chi connectivity index (χ4n) is 3.13. The van der Waals surface area contributed by atoms with E-state index in [0.29, 0.717) is 6.54 Å². The zero-order chi connectivity index (χ0) is 18.2. The summed E-state index contributed by atoms with van der Waals surface area (Å²) in [4.78, 5) is 18.6. The third kappa shape index (κ3) is 5.40. The van der Waals surface area contributed by atoms with Crippen LogP contribution in [-0.2, 0) is 11.2 Å². The molecule has 1 amide bonds. The molecule has 1 aromatic heterocycles. The molecule has 2 rings (SSSR count). The summed E-state index contributed by atoms with van der Waals surface area (Å²) in [6.07, 6.45) is 7.88. The van der Waals surface area contributed by atoms with Gasteiger partial charge in [-0.3, -0.25) is 9.78 Å². The SMILES string of the molecule is Cc1cccc(C)c1N(CCCCCc1cccnc1)C(=O)C(C)N. The Morgan fingerprint density at radius 3 is 2.44 bits per heavy atom. The fraction of sp³-hybridized carbons (Fsp3) is 0.429. The van der Waals surface area contributed by atoms with Crippen LogP contribution in [0.25, 0.3) is 0 Å². The lowest BCUT2D eigenvalue weighted by Gasteiger charge is -2.28. The first-order valence-electron chi connectivity index (χ1n) is 9.02. The van der Waals surface area contributed by atoms with E-state index in [9.17, 15) is 4.79 Å². The first-order valence-corrected chi connectivity index (χ1v) is 9.02. The van der Waals surface area contributed by atoms with E-state index in [-0.39, 0.29) is 5.91 Å². The lowest BCUT2D eigenvalue weighted by Crippen LogP contribution is -2.43. The second-order valence-electron chi connectivity index (χ2n) is 6.69. The molecule has 4 heteroatoms. The molecule has 1 heterocycles. The minimum atomic E-state index is -0.491. The Labute approximate surface area is 151 Å². The highest BCUT2D eigenvalue weighted by Crippen LogP contribution is 2.25. The highest BCUT2D eigenvalue weighted by Gasteiger charge is 2.21. The van der Waals surface area contributed by atoms with E-state index in [2.05, 4.69) is 11.1 Å². The minimum Gasteiger partial charge on any atom is -0.320 e. The Kier molecular flexibility index (Phi) is 7.14. The first-order chi connectivity index (χ1) is 12.0. The van der Waals surface area contributed by atoms with E-state index in [4.69, 9.17) is 5.73 Å². The number of benzene rings is 1. The van der Waals surface area contributed by atoms with E-state index in [1.165, 1.54) is 5.56 Å². The quantitative estimate of drug-likeness (QED) is 0.744. The van der Waals surface area contributed by atoms with Gasteiger partial charge in [-0.1, -0.05) is 30.7 Å². The van der Waals surface area contributed by atoms with Crippen molar-refractivity contribution in [1.29, 1.82) is 0 Å². The van der Waals surface area contributed by atoms with Crippen molar-refractivity contribution in [3.05, 3.63) is 59.4 Å². The number of aryl methyl sites for hydroxylation is 3. The summed E-state index contributed by atoms with van der Waals surface area (Å²) in [5.41, 5.74) is 10.4. The van der Waals surface area contributed by atoms with Crippen molar-refractivity contribution in [2.45, 2.75) is 52.5 Å². The molecule has 0 saturated heterocycles. The Hall–Kier alpha value is -2.20. The number of hydrogen-bond acceptors (Lipinski definition) is 3. The van der Waals surface area contributed by atoms with Crippen molar-refractivity contribution >= 4 is 11.6 Å². The summed E-state index contributed by atoms with van der Waals surface area (Å²) >= 11 is 0. The van der Waals surface area contributed by atoms with Gasteiger partial charge in [0.25, 0.3) is 0 Å². The van der Waals surface area contributed by atoms with E-state index in [0.717, 1.165) is 42.5 Å². The smallest absolute Gasteiger partial charge is 0.243 e. The summed E-state index contributed by atoms with van der Waals surface area (Å²) in [6.45, 7) is 6.56. The number of nitrogens with two attached hydrogens (primary N) is 1. The van der Waals surface area contributed by atoms with Gasteiger partial charge in [0.2, 0.25) is 5.91 Å². The number of carbonyl (C=O) groups is 1. The molecule has 1 atom stereocenters. The van der Waals surface area contributed by atoms with Gasteiger partial charge >= 0.3 is 0 Å². The van der Waals surface area contributed by atoms with Gasteiger partial charge < -0.3 is 10.6 Å². The van der Waals surface area contributed by atoms with Crippen LogP contribution in [0.2, 0.25) is 0 Å². The van der Waals surface area contributed by atoms with Gasteiger partial charge in [0.05, 0.1) is 6.04 Å². The van der Waals surface area contributed by atoms with Crippen LogP contribution < -0.4 is 10.6 Å². The van der Waals surface area contributed by atoms with Gasteiger partial charge in [0.1, 0.15) is 0 Å². The average Bonchev–Trinajstić information content (AvgIpc) is 2.59. The maximum atomic E-state index is 12.6. The summed E-state index contributed by atoms with van der Waals surface area (Å²) < 4.78 is 0. The molecule has 0 aliphatic rings. The second kappa shape index (κ2) is 9.33. The Morgan fingerprint density at radius 1 is 1.12 bits per heavy atom. The van der Waals surface area contributed by atoms with Crippen molar-refractivity contribution in [1.82, 2.24) is 4.98 Å². The number of carbonyl (C=O) groups excluding carboxylic acids is 1. The summed E-state index contributed by atoms with van der Waals surface area (Å²) in [6, 6.07) is 9.71. The number of hydrogen-bond donors (Lipinski definition) is 1. The van der Waals surface area contributed by atoms with Gasteiger partial charge in [-0.25, -0.2) is 0 Å². The third-order valence-electron chi connectivity index (χ3n) is 4.43. The van der Waals surface area contributed by atoms with E-state index in [1.807, 2.05) is 49.2 Å². The molecule has 0 radical (unpaired) electrons. The van der Waals surface area contributed by atoms with E-state index in [1.54, 1.807) is 13.1 Å². The molecule has 134 valence electrons. The van der Waals surface area contributed by atoms with Crippen molar-refractivity contribution in [2.24, 2.45) is 5.73 Å². The number of aromatic nitrogens is 1. The first kappa shape index (κ1) is 19.1. The monoisotopic (exact) mass is 339 g/mol. The Balaban J connectivity index is 1.97. The fourth-order valence-corrected chi connectivity index (χ4v) is 3.13. The zero-order valence-electron chi connectivity index (χ0n) is 15.5. The second-order valence-corrected chi connectivity index (χ2v) is 6.69. The molecule has 0 fully saturated rings. The van der Waals surface area contributed by atoms with E-state index < -0.39 is 6.04 Å². The van der Waals surface area contributed by atoms with Gasteiger partial charge in [0, 0.05) is 24.6 Å². The van der Waals surface area contributed by atoms with Crippen LogP contribution in [0.5, 0.6) is 0 Å². The highest BCUT2D eigenvalue weighted by atomic mass is 16.2. The lowest BCUT2D eigenvalue weighted by atomic mass is 10.1.